The van der Waals surface area contributed by atoms with Crippen LogP contribution in [0.4, 0.5) is 5.69 Å². The summed E-state index contributed by atoms with van der Waals surface area (Å²) in [4.78, 5) is 4.65. The fraction of sp³-hybridized carbons (Fsp3) is 0.292. The highest BCUT2D eigenvalue weighted by molar-refractivity contribution is 5.83. The molecule has 2 nitrogen and oxygen atoms in total. The number of aromatic nitrogens is 1. The first kappa shape index (κ1) is 16.8. The Kier molecular flexibility index (Phi) is 3.87. The molecule has 1 aliphatic rings. The Morgan fingerprint density at radius 3 is 2.46 bits per heavy atom. The van der Waals surface area contributed by atoms with Crippen molar-refractivity contribution in [3.8, 4) is 0 Å². The average Bonchev–Trinajstić information content (AvgIpc) is 2.55. The summed E-state index contributed by atoms with van der Waals surface area (Å²) >= 11 is 0. The van der Waals surface area contributed by atoms with E-state index in [0.29, 0.717) is 0 Å². The summed E-state index contributed by atoms with van der Waals surface area (Å²) in [5.41, 5.74) is 10.0. The minimum Gasteiger partial charge on any atom is -0.376 e. The van der Waals surface area contributed by atoms with Crippen LogP contribution in [-0.4, -0.2) is 10.5 Å². The number of benzene rings is 2. The Morgan fingerprint density at radius 2 is 1.65 bits per heavy atom. The second-order valence-corrected chi connectivity index (χ2v) is 8.16. The van der Waals surface area contributed by atoms with Crippen molar-refractivity contribution in [2.45, 2.75) is 46.6 Å². The first-order valence-electron chi connectivity index (χ1n) is 9.29. The number of hydrogen-bond donors (Lipinski definition) is 1. The number of anilines is 1. The van der Waals surface area contributed by atoms with E-state index in [1.807, 2.05) is 0 Å². The third kappa shape index (κ3) is 3.12. The van der Waals surface area contributed by atoms with Crippen molar-refractivity contribution >= 4 is 22.2 Å². The number of nitrogens with zero attached hydrogens (tertiary/aromatic N) is 1. The zero-order chi connectivity index (χ0) is 18.5. The highest BCUT2D eigenvalue weighted by Gasteiger charge is 2.22. The molecule has 0 radical (unpaired) electrons. The summed E-state index contributed by atoms with van der Waals surface area (Å²) in [6.45, 7) is 10.8. The fourth-order valence-electron chi connectivity index (χ4n) is 4.09. The normalized spacial score (nSPS) is 15.3. The second-order valence-electron chi connectivity index (χ2n) is 8.16. The molecule has 1 N–H and O–H groups in total. The second kappa shape index (κ2) is 5.98. The molecule has 0 fully saturated rings. The molecule has 4 rings (SSSR count). The zero-order valence-corrected chi connectivity index (χ0v) is 16.3. The molecule has 1 aromatic heterocycles. The van der Waals surface area contributed by atoms with Crippen LogP contribution in [0, 0.1) is 13.8 Å². The van der Waals surface area contributed by atoms with Crippen LogP contribution in [0.5, 0.6) is 0 Å². The van der Waals surface area contributed by atoms with Crippen LogP contribution >= 0.6 is 0 Å². The molecule has 2 aromatic carbocycles. The zero-order valence-electron chi connectivity index (χ0n) is 16.3. The maximum absolute atomic E-state index is 4.65. The molecule has 26 heavy (non-hydrogen) atoms. The molecular formula is C24H26N2. The van der Waals surface area contributed by atoms with Crippen LogP contribution in [-0.2, 0) is 6.42 Å². The molecule has 0 bridgehead atoms. The van der Waals surface area contributed by atoms with Gasteiger partial charge in [-0.25, -0.2) is 0 Å². The van der Waals surface area contributed by atoms with Crippen LogP contribution in [0.1, 0.15) is 48.7 Å². The highest BCUT2D eigenvalue weighted by atomic mass is 15.0. The lowest BCUT2D eigenvalue weighted by atomic mass is 9.89. The smallest absolute Gasteiger partial charge is 0.0708 e. The average molecular weight is 342 g/mol. The van der Waals surface area contributed by atoms with Gasteiger partial charge >= 0.3 is 0 Å². The third-order valence-corrected chi connectivity index (χ3v) is 5.16. The number of aryl methyl sites for hydroxylation is 2. The summed E-state index contributed by atoms with van der Waals surface area (Å²) < 4.78 is 0. The minimum atomic E-state index is 0.0135. The first-order valence-corrected chi connectivity index (χ1v) is 9.29. The van der Waals surface area contributed by atoms with Gasteiger partial charge in [0.25, 0.3) is 0 Å². The number of nitrogens with one attached hydrogen (secondary N) is 1. The van der Waals surface area contributed by atoms with E-state index in [1.165, 1.54) is 38.9 Å². The monoisotopic (exact) mass is 342 g/mol. The lowest BCUT2D eigenvalue weighted by Gasteiger charge is -2.31. The molecule has 0 unspecified atom stereocenters. The summed E-state index contributed by atoms with van der Waals surface area (Å²) in [7, 11) is 0. The lowest BCUT2D eigenvalue weighted by molar-refractivity contribution is 0.707. The molecular weight excluding hydrogens is 316 g/mol. The first-order chi connectivity index (χ1) is 12.3. The molecule has 2 heterocycles. The number of rotatable bonds is 2. The van der Waals surface area contributed by atoms with Crippen molar-refractivity contribution < 1.29 is 0 Å². The van der Waals surface area contributed by atoms with Crippen LogP contribution in [0.15, 0.2) is 48.5 Å². The highest BCUT2D eigenvalue weighted by Crippen LogP contribution is 2.34. The molecule has 2 heteroatoms. The number of allylic oxidation sites excluding steroid dienone is 1. The van der Waals surface area contributed by atoms with E-state index in [0.717, 1.165) is 17.6 Å². The Bertz CT molecular complexity index is 1040. The standard InChI is InChI=1S/C24H26N2/c1-15-10-17(3)25-22-8-6-18(12-20(15)22)11-19-7-9-23-21(13-19)16(2)14-24(4,5)26-23/h6-10,12-14,26H,11H2,1-5H3. The van der Waals surface area contributed by atoms with Gasteiger partial charge in [-0.05, 0) is 93.6 Å². The van der Waals surface area contributed by atoms with Gasteiger partial charge in [0, 0.05) is 22.3 Å². The molecule has 0 amide bonds. The van der Waals surface area contributed by atoms with E-state index in [1.54, 1.807) is 0 Å². The predicted molar refractivity (Wildman–Crippen MR) is 112 cm³/mol. The maximum Gasteiger partial charge on any atom is 0.0708 e. The Labute approximate surface area is 156 Å². The Morgan fingerprint density at radius 1 is 0.923 bits per heavy atom. The predicted octanol–water partition coefficient (Wildman–Crippen LogP) is 6.05. The number of pyridine rings is 1. The molecule has 0 saturated heterocycles. The van der Waals surface area contributed by atoms with E-state index in [9.17, 15) is 0 Å². The molecule has 1 aliphatic heterocycles. The van der Waals surface area contributed by atoms with Gasteiger partial charge in [-0.1, -0.05) is 18.2 Å². The summed E-state index contributed by atoms with van der Waals surface area (Å²) in [6, 6.07) is 15.6. The van der Waals surface area contributed by atoms with E-state index in [-0.39, 0.29) is 5.54 Å². The Balaban J connectivity index is 1.68. The van der Waals surface area contributed by atoms with Crippen LogP contribution in [0.25, 0.3) is 16.5 Å². The van der Waals surface area contributed by atoms with Crippen LogP contribution in [0.3, 0.4) is 0 Å². The molecule has 0 saturated carbocycles. The topological polar surface area (TPSA) is 24.9 Å². The van der Waals surface area contributed by atoms with Gasteiger partial charge in [0.15, 0.2) is 0 Å². The van der Waals surface area contributed by atoms with E-state index < -0.39 is 0 Å². The van der Waals surface area contributed by atoms with Crippen LogP contribution in [0.2, 0.25) is 0 Å². The van der Waals surface area contributed by atoms with Crippen LogP contribution < -0.4 is 5.32 Å². The van der Waals surface area contributed by atoms with E-state index in [4.69, 9.17) is 0 Å². The van der Waals surface area contributed by atoms with Gasteiger partial charge in [0.05, 0.1) is 11.1 Å². The van der Waals surface area contributed by atoms with Crippen molar-refractivity contribution in [2.24, 2.45) is 0 Å². The molecule has 132 valence electrons. The molecule has 0 spiro atoms. The molecule has 0 atom stereocenters. The minimum absolute atomic E-state index is 0.0135. The van der Waals surface area contributed by atoms with Crippen molar-refractivity contribution in [3.05, 3.63) is 76.5 Å². The van der Waals surface area contributed by atoms with Gasteiger partial charge in [-0.2, -0.15) is 0 Å². The van der Waals surface area contributed by atoms with Gasteiger partial charge in [0.1, 0.15) is 0 Å². The lowest BCUT2D eigenvalue weighted by Crippen LogP contribution is -2.31. The van der Waals surface area contributed by atoms with Gasteiger partial charge in [-0.15, -0.1) is 0 Å². The van der Waals surface area contributed by atoms with Gasteiger partial charge in [-0.3, -0.25) is 4.98 Å². The maximum atomic E-state index is 4.65. The van der Waals surface area contributed by atoms with Crippen molar-refractivity contribution in [2.75, 3.05) is 5.32 Å². The van der Waals surface area contributed by atoms with Gasteiger partial charge < -0.3 is 5.32 Å². The number of fused-ring (bicyclic) bond motifs is 2. The third-order valence-electron chi connectivity index (χ3n) is 5.16. The molecule has 0 aliphatic carbocycles. The van der Waals surface area contributed by atoms with Crippen molar-refractivity contribution in [1.82, 2.24) is 4.98 Å². The summed E-state index contributed by atoms with van der Waals surface area (Å²) in [6.07, 6.45) is 3.25. The largest absolute Gasteiger partial charge is 0.376 e. The SMILES string of the molecule is CC1=CC(C)(C)Nc2ccc(Cc3ccc4nc(C)cc(C)c4c3)cc21. The fourth-order valence-corrected chi connectivity index (χ4v) is 4.09. The van der Waals surface area contributed by atoms with Gasteiger partial charge in [0.2, 0.25) is 0 Å². The Hall–Kier alpha value is -2.61. The summed E-state index contributed by atoms with van der Waals surface area (Å²) in [5.74, 6) is 0. The quantitative estimate of drug-likeness (QED) is 0.613. The van der Waals surface area contributed by atoms with Crippen molar-refractivity contribution in [1.29, 1.82) is 0 Å². The van der Waals surface area contributed by atoms with E-state index >= 15 is 0 Å². The number of hydrogen-bond acceptors (Lipinski definition) is 2. The summed E-state index contributed by atoms with van der Waals surface area (Å²) in [5, 5.41) is 4.87. The van der Waals surface area contributed by atoms with Crippen molar-refractivity contribution in [3.63, 3.8) is 0 Å². The van der Waals surface area contributed by atoms with E-state index in [2.05, 4.69) is 93.5 Å². The molecule has 3 aromatic rings.